The van der Waals surface area contributed by atoms with Gasteiger partial charge in [-0.15, -0.1) is 0 Å². The smallest absolute Gasteiger partial charge is 0.407 e. The molecule has 1 aromatic carbocycles. The lowest BCUT2D eigenvalue weighted by Crippen LogP contribution is -2.33. The van der Waals surface area contributed by atoms with Crippen LogP contribution in [0.2, 0.25) is 0 Å². The molecule has 2 rings (SSSR count). The molecule has 0 aromatic heterocycles. The number of nitrogens with one attached hydrogen (secondary N) is 2. The van der Waals surface area contributed by atoms with Gasteiger partial charge >= 0.3 is 6.09 Å². The fourth-order valence-electron chi connectivity index (χ4n) is 3.57. The van der Waals surface area contributed by atoms with Crippen LogP contribution in [-0.2, 0) is 27.3 Å². The third-order valence-electron chi connectivity index (χ3n) is 5.22. The first-order chi connectivity index (χ1) is 13.6. The topological polar surface area (TPSA) is 87.7 Å². The van der Waals surface area contributed by atoms with Gasteiger partial charge in [-0.2, -0.15) is 0 Å². The van der Waals surface area contributed by atoms with Crippen molar-refractivity contribution < 1.29 is 19.1 Å². The maximum absolute atomic E-state index is 12.8. The molecule has 1 aliphatic heterocycles. The highest BCUT2D eigenvalue weighted by Crippen LogP contribution is 2.43. The molecule has 0 aliphatic carbocycles. The molecule has 7 heteroatoms. The van der Waals surface area contributed by atoms with E-state index in [0.29, 0.717) is 18.7 Å². The third kappa shape index (κ3) is 5.12. The fourth-order valence-corrected chi connectivity index (χ4v) is 3.57. The van der Waals surface area contributed by atoms with Crippen LogP contribution < -0.4 is 15.5 Å². The summed E-state index contributed by atoms with van der Waals surface area (Å²) in [5, 5.41) is 5.87. The zero-order chi connectivity index (χ0) is 23.0. The number of amides is 3. The van der Waals surface area contributed by atoms with Gasteiger partial charge in [0.1, 0.15) is 5.60 Å². The van der Waals surface area contributed by atoms with Gasteiger partial charge in [0.05, 0.1) is 11.4 Å². The molecule has 30 heavy (non-hydrogen) atoms. The lowest BCUT2D eigenvalue weighted by atomic mass is 9.91. The van der Waals surface area contributed by atoms with E-state index in [4.69, 9.17) is 4.74 Å². The molecule has 0 saturated carbocycles. The standard InChI is InChI=1S/C23H35N3O4/c1-13-16-10-11-26(15(3)27)19(16)18(25-20(28)22(4,5)6)14(2)17(13)12-24-21(29)30-23(7,8)9/h10-12H2,1-9H3,(H,24,29)(H,25,28). The zero-order valence-corrected chi connectivity index (χ0v) is 19.7. The molecule has 0 atom stereocenters. The maximum Gasteiger partial charge on any atom is 0.407 e. The van der Waals surface area contributed by atoms with Crippen molar-refractivity contribution in [1.82, 2.24) is 5.32 Å². The average Bonchev–Trinajstić information content (AvgIpc) is 3.01. The van der Waals surface area contributed by atoms with E-state index in [-0.39, 0.29) is 18.4 Å². The Morgan fingerprint density at radius 1 is 1.03 bits per heavy atom. The second kappa shape index (κ2) is 8.28. The van der Waals surface area contributed by atoms with Crippen molar-refractivity contribution in [2.45, 2.75) is 80.9 Å². The van der Waals surface area contributed by atoms with Crippen molar-refractivity contribution in [2.75, 3.05) is 16.8 Å². The molecule has 0 bridgehead atoms. The number of fused-ring (bicyclic) bond motifs is 1. The second-order valence-corrected chi connectivity index (χ2v) is 9.91. The molecule has 0 saturated heterocycles. The van der Waals surface area contributed by atoms with E-state index in [2.05, 4.69) is 10.6 Å². The van der Waals surface area contributed by atoms with Crippen LogP contribution in [0.1, 0.15) is 70.7 Å². The SMILES string of the molecule is CC(=O)N1CCc2c(C)c(CNC(=O)OC(C)(C)C)c(C)c(NC(=O)C(C)(C)C)c21. The quantitative estimate of drug-likeness (QED) is 0.771. The summed E-state index contributed by atoms with van der Waals surface area (Å²) >= 11 is 0. The minimum atomic E-state index is -0.585. The maximum atomic E-state index is 12.8. The third-order valence-corrected chi connectivity index (χ3v) is 5.22. The van der Waals surface area contributed by atoms with Crippen molar-refractivity contribution in [3.8, 4) is 0 Å². The van der Waals surface area contributed by atoms with Crippen molar-refractivity contribution in [3.63, 3.8) is 0 Å². The Bertz CT molecular complexity index is 876. The molecule has 2 N–H and O–H groups in total. The molecule has 0 unspecified atom stereocenters. The molecule has 7 nitrogen and oxygen atoms in total. The van der Waals surface area contributed by atoms with Crippen LogP contribution in [0.15, 0.2) is 0 Å². The minimum Gasteiger partial charge on any atom is -0.444 e. The van der Waals surface area contributed by atoms with Gasteiger partial charge in [0, 0.05) is 25.4 Å². The molecular formula is C23H35N3O4. The van der Waals surface area contributed by atoms with Crippen molar-refractivity contribution >= 4 is 29.3 Å². The summed E-state index contributed by atoms with van der Waals surface area (Å²) in [6.07, 6.45) is 0.214. The van der Waals surface area contributed by atoms with Gasteiger partial charge in [0.2, 0.25) is 11.8 Å². The highest BCUT2D eigenvalue weighted by atomic mass is 16.6. The van der Waals surface area contributed by atoms with E-state index in [1.807, 2.05) is 55.4 Å². The summed E-state index contributed by atoms with van der Waals surface area (Å²) in [5.74, 6) is -0.184. The van der Waals surface area contributed by atoms with Gasteiger partial charge < -0.3 is 20.3 Å². The van der Waals surface area contributed by atoms with E-state index in [0.717, 1.165) is 27.9 Å². The zero-order valence-electron chi connectivity index (χ0n) is 19.7. The summed E-state index contributed by atoms with van der Waals surface area (Å²) in [5.41, 5.74) is 4.07. The molecular weight excluding hydrogens is 382 g/mol. The van der Waals surface area contributed by atoms with Crippen LogP contribution in [0.25, 0.3) is 0 Å². The second-order valence-electron chi connectivity index (χ2n) is 9.91. The van der Waals surface area contributed by atoms with Crippen LogP contribution in [0.3, 0.4) is 0 Å². The Morgan fingerprint density at radius 3 is 2.13 bits per heavy atom. The number of ether oxygens (including phenoxy) is 1. The Hall–Kier alpha value is -2.57. The molecule has 1 aliphatic rings. The van der Waals surface area contributed by atoms with E-state index >= 15 is 0 Å². The summed E-state index contributed by atoms with van der Waals surface area (Å²) in [6.45, 7) is 17.3. The first kappa shape index (κ1) is 23.7. The number of nitrogens with zero attached hydrogens (tertiary/aromatic N) is 1. The predicted molar refractivity (Wildman–Crippen MR) is 119 cm³/mol. The minimum absolute atomic E-state index is 0.0570. The molecule has 0 radical (unpaired) electrons. The summed E-state index contributed by atoms with van der Waals surface area (Å²) < 4.78 is 5.35. The van der Waals surface area contributed by atoms with Crippen LogP contribution in [0, 0.1) is 19.3 Å². The van der Waals surface area contributed by atoms with E-state index in [1.165, 1.54) is 6.92 Å². The average molecular weight is 418 g/mol. The first-order valence-electron chi connectivity index (χ1n) is 10.3. The number of anilines is 2. The summed E-state index contributed by atoms with van der Waals surface area (Å²) in [6, 6.07) is 0. The van der Waals surface area contributed by atoms with Gasteiger partial charge in [-0.25, -0.2) is 4.79 Å². The lowest BCUT2D eigenvalue weighted by Gasteiger charge is -2.27. The van der Waals surface area contributed by atoms with E-state index in [9.17, 15) is 14.4 Å². The van der Waals surface area contributed by atoms with Crippen LogP contribution in [0.5, 0.6) is 0 Å². The van der Waals surface area contributed by atoms with Crippen molar-refractivity contribution in [3.05, 3.63) is 22.3 Å². The Kier molecular flexibility index (Phi) is 6.54. The molecule has 3 amide bonds. The van der Waals surface area contributed by atoms with Crippen LogP contribution >= 0.6 is 0 Å². The van der Waals surface area contributed by atoms with Crippen LogP contribution in [0.4, 0.5) is 16.2 Å². The van der Waals surface area contributed by atoms with E-state index < -0.39 is 17.1 Å². The number of benzene rings is 1. The predicted octanol–water partition coefficient (Wildman–Crippen LogP) is 4.22. The largest absolute Gasteiger partial charge is 0.444 e. The molecule has 0 fully saturated rings. The molecule has 0 spiro atoms. The summed E-state index contributed by atoms with van der Waals surface area (Å²) in [7, 11) is 0. The Labute approximate surface area is 179 Å². The number of carbonyl (C=O) groups is 3. The van der Waals surface area contributed by atoms with Crippen molar-refractivity contribution in [2.24, 2.45) is 5.41 Å². The molecule has 1 aromatic rings. The van der Waals surface area contributed by atoms with E-state index in [1.54, 1.807) is 4.90 Å². The number of rotatable bonds is 3. The number of hydrogen-bond donors (Lipinski definition) is 2. The highest BCUT2D eigenvalue weighted by molar-refractivity contribution is 6.05. The van der Waals surface area contributed by atoms with Gasteiger partial charge in [-0.05, 0) is 63.3 Å². The first-order valence-corrected chi connectivity index (χ1v) is 10.3. The Balaban J connectivity index is 2.50. The van der Waals surface area contributed by atoms with Gasteiger partial charge in [0.25, 0.3) is 0 Å². The molecule has 166 valence electrons. The van der Waals surface area contributed by atoms with Gasteiger partial charge in [-0.3, -0.25) is 9.59 Å². The van der Waals surface area contributed by atoms with Crippen LogP contribution in [-0.4, -0.2) is 30.1 Å². The van der Waals surface area contributed by atoms with Gasteiger partial charge in [-0.1, -0.05) is 20.8 Å². The van der Waals surface area contributed by atoms with Gasteiger partial charge in [0.15, 0.2) is 0 Å². The normalized spacial score (nSPS) is 13.7. The lowest BCUT2D eigenvalue weighted by molar-refractivity contribution is -0.123. The monoisotopic (exact) mass is 417 g/mol. The number of hydrogen-bond acceptors (Lipinski definition) is 4. The highest BCUT2D eigenvalue weighted by Gasteiger charge is 2.32. The number of carbonyl (C=O) groups excluding carboxylic acids is 3. The summed E-state index contributed by atoms with van der Waals surface area (Å²) in [4.78, 5) is 38.9. The number of alkyl carbamates (subject to hydrolysis) is 1. The fraction of sp³-hybridized carbons (Fsp3) is 0.609. The molecule has 1 heterocycles. The van der Waals surface area contributed by atoms with Crippen molar-refractivity contribution in [1.29, 1.82) is 0 Å². The Morgan fingerprint density at radius 2 is 1.63 bits per heavy atom.